The Balaban J connectivity index is 2.32. The Bertz CT molecular complexity index is 709. The van der Waals surface area contributed by atoms with Gasteiger partial charge in [0.15, 0.2) is 9.84 Å². The van der Waals surface area contributed by atoms with Crippen molar-refractivity contribution in [3.05, 3.63) is 28.8 Å². The number of nitrogens with zero attached hydrogens (tertiary/aromatic N) is 1. The lowest BCUT2D eigenvalue weighted by Crippen LogP contribution is -2.41. The van der Waals surface area contributed by atoms with Gasteiger partial charge in [-0.3, -0.25) is 4.79 Å². The number of anilines is 1. The number of hydrogen-bond acceptors (Lipinski definition) is 4. The van der Waals surface area contributed by atoms with Crippen LogP contribution in [0.25, 0.3) is 0 Å². The first-order valence-corrected chi connectivity index (χ1v) is 8.54. The first-order chi connectivity index (χ1) is 9.84. The van der Waals surface area contributed by atoms with Gasteiger partial charge in [0.25, 0.3) is 5.91 Å². The first-order valence-electron chi connectivity index (χ1n) is 6.34. The fourth-order valence-electron chi connectivity index (χ4n) is 2.35. The van der Waals surface area contributed by atoms with Crippen LogP contribution in [0.1, 0.15) is 16.8 Å². The highest BCUT2D eigenvalue weighted by molar-refractivity contribution is 7.91. The number of carbonyl (C=O) groups excluding carboxylic acids is 1. The van der Waals surface area contributed by atoms with Crippen LogP contribution in [0, 0.1) is 12.3 Å². The second-order valence-electron chi connectivity index (χ2n) is 4.93. The molecule has 1 heterocycles. The number of halogens is 1. The second-order valence-corrected chi connectivity index (χ2v) is 7.57. The molecule has 7 heteroatoms. The minimum atomic E-state index is -3.11. The Hall–Kier alpha value is -1.71. The van der Waals surface area contributed by atoms with Crippen LogP contribution in [-0.2, 0) is 9.84 Å². The molecule has 0 aromatic heterocycles. The molecule has 0 radical (unpaired) electrons. The number of nitrogen functional groups attached to an aromatic ring is 1. The molecule has 5 nitrogen and oxygen atoms in total. The van der Waals surface area contributed by atoms with Crippen molar-refractivity contribution in [2.45, 2.75) is 12.5 Å². The van der Waals surface area contributed by atoms with E-state index in [0.29, 0.717) is 12.1 Å². The molecule has 0 bridgehead atoms. The van der Waals surface area contributed by atoms with E-state index in [4.69, 9.17) is 23.8 Å². The van der Waals surface area contributed by atoms with E-state index < -0.39 is 21.8 Å². The summed E-state index contributed by atoms with van der Waals surface area (Å²) in [5.74, 6) is 1.99. The SMILES string of the molecule is C#CCN(C(=O)c1cc(N)ccc1Cl)C1CCS(=O)(=O)C1. The molecule has 0 aliphatic carbocycles. The van der Waals surface area contributed by atoms with Gasteiger partial charge in [0, 0.05) is 11.7 Å². The fraction of sp³-hybridized carbons (Fsp3) is 0.357. The van der Waals surface area contributed by atoms with Gasteiger partial charge in [0.1, 0.15) is 0 Å². The summed E-state index contributed by atoms with van der Waals surface area (Å²) in [6.45, 7) is 0.0319. The van der Waals surface area contributed by atoms with Gasteiger partial charge in [-0.2, -0.15) is 0 Å². The maximum absolute atomic E-state index is 12.6. The molecule has 21 heavy (non-hydrogen) atoms. The number of amides is 1. The number of benzene rings is 1. The van der Waals surface area contributed by atoms with Crippen molar-refractivity contribution in [2.75, 3.05) is 23.8 Å². The summed E-state index contributed by atoms with van der Waals surface area (Å²) in [6, 6.07) is 4.17. The van der Waals surface area contributed by atoms with Crippen LogP contribution in [0.5, 0.6) is 0 Å². The van der Waals surface area contributed by atoms with Gasteiger partial charge in [-0.15, -0.1) is 6.42 Å². The van der Waals surface area contributed by atoms with Crippen LogP contribution < -0.4 is 5.73 Å². The molecule has 0 saturated carbocycles. The molecule has 1 amide bonds. The Morgan fingerprint density at radius 2 is 2.24 bits per heavy atom. The third kappa shape index (κ3) is 3.49. The summed E-state index contributed by atoms with van der Waals surface area (Å²) >= 11 is 6.03. The van der Waals surface area contributed by atoms with Gasteiger partial charge >= 0.3 is 0 Å². The third-order valence-electron chi connectivity index (χ3n) is 3.39. The predicted octanol–water partition coefficient (Wildman–Crippen LogP) is 1.18. The van der Waals surface area contributed by atoms with Crippen molar-refractivity contribution in [3.8, 4) is 12.3 Å². The molecule has 1 unspecified atom stereocenters. The number of nitrogens with two attached hydrogens (primary N) is 1. The highest BCUT2D eigenvalue weighted by atomic mass is 35.5. The summed E-state index contributed by atoms with van der Waals surface area (Å²) < 4.78 is 23.2. The van der Waals surface area contributed by atoms with Crippen LogP contribution in [0.15, 0.2) is 18.2 Å². The number of rotatable bonds is 3. The fourth-order valence-corrected chi connectivity index (χ4v) is 4.28. The standard InChI is InChI=1S/C14H15ClN2O3S/c1-2-6-17(11-5-7-21(19,20)9-11)14(18)12-8-10(16)3-4-13(12)15/h1,3-4,8,11H,5-7,9,16H2. The van der Waals surface area contributed by atoms with E-state index in [1.165, 1.54) is 17.0 Å². The van der Waals surface area contributed by atoms with Crippen molar-refractivity contribution >= 4 is 33.0 Å². The normalized spacial score (nSPS) is 19.9. The Morgan fingerprint density at radius 3 is 2.81 bits per heavy atom. The minimum Gasteiger partial charge on any atom is -0.399 e. The van der Waals surface area contributed by atoms with Crippen molar-refractivity contribution < 1.29 is 13.2 Å². The van der Waals surface area contributed by atoms with Crippen molar-refractivity contribution in [3.63, 3.8) is 0 Å². The lowest BCUT2D eigenvalue weighted by atomic mass is 10.1. The number of hydrogen-bond donors (Lipinski definition) is 1. The van der Waals surface area contributed by atoms with Crippen LogP contribution in [0.2, 0.25) is 5.02 Å². The van der Waals surface area contributed by atoms with Gasteiger partial charge < -0.3 is 10.6 Å². The molecule has 1 aliphatic heterocycles. The molecule has 2 N–H and O–H groups in total. The number of terminal acetylenes is 1. The first kappa shape index (κ1) is 15.7. The molecule has 1 aromatic rings. The predicted molar refractivity (Wildman–Crippen MR) is 82.8 cm³/mol. The average Bonchev–Trinajstić information content (AvgIpc) is 2.78. The Kier molecular flexibility index (Phi) is 4.45. The van der Waals surface area contributed by atoms with Gasteiger partial charge in [-0.1, -0.05) is 17.5 Å². The summed E-state index contributed by atoms with van der Waals surface area (Å²) in [6.07, 6.45) is 5.68. The molecule has 1 fully saturated rings. The van der Waals surface area contributed by atoms with Crippen molar-refractivity contribution in [1.29, 1.82) is 0 Å². The Labute approximate surface area is 129 Å². The van der Waals surface area contributed by atoms with Gasteiger partial charge in [-0.25, -0.2) is 8.42 Å². The van der Waals surface area contributed by atoms with E-state index in [2.05, 4.69) is 5.92 Å². The van der Waals surface area contributed by atoms with Crippen LogP contribution in [0.4, 0.5) is 5.69 Å². The van der Waals surface area contributed by atoms with Crippen molar-refractivity contribution in [2.24, 2.45) is 0 Å². The Morgan fingerprint density at radius 1 is 1.52 bits per heavy atom. The number of carbonyl (C=O) groups is 1. The molecular weight excluding hydrogens is 312 g/mol. The van der Waals surface area contributed by atoms with E-state index in [1.54, 1.807) is 6.07 Å². The molecule has 1 aromatic carbocycles. The average molecular weight is 327 g/mol. The second kappa shape index (κ2) is 5.96. The molecule has 1 saturated heterocycles. The molecule has 2 rings (SSSR count). The van der Waals surface area contributed by atoms with E-state index in [9.17, 15) is 13.2 Å². The van der Waals surface area contributed by atoms with Crippen LogP contribution >= 0.6 is 11.6 Å². The maximum Gasteiger partial charge on any atom is 0.256 e. The summed E-state index contributed by atoms with van der Waals surface area (Å²) in [5, 5.41) is 0.261. The monoisotopic (exact) mass is 326 g/mol. The summed E-state index contributed by atoms with van der Waals surface area (Å²) in [5.41, 5.74) is 6.31. The summed E-state index contributed by atoms with van der Waals surface area (Å²) in [4.78, 5) is 14.0. The summed E-state index contributed by atoms with van der Waals surface area (Å²) in [7, 11) is -3.11. The third-order valence-corrected chi connectivity index (χ3v) is 5.47. The largest absolute Gasteiger partial charge is 0.399 e. The molecule has 0 spiro atoms. The minimum absolute atomic E-state index is 0.0319. The highest BCUT2D eigenvalue weighted by Crippen LogP contribution is 2.24. The molecule has 1 aliphatic rings. The van der Waals surface area contributed by atoms with E-state index in [-0.39, 0.29) is 28.6 Å². The molecule has 112 valence electrons. The van der Waals surface area contributed by atoms with E-state index in [1.807, 2.05) is 0 Å². The quantitative estimate of drug-likeness (QED) is 0.668. The highest BCUT2D eigenvalue weighted by Gasteiger charge is 2.35. The lowest BCUT2D eigenvalue weighted by molar-refractivity contribution is 0.0724. The van der Waals surface area contributed by atoms with E-state index in [0.717, 1.165) is 0 Å². The van der Waals surface area contributed by atoms with Gasteiger partial charge in [0.05, 0.1) is 28.6 Å². The molecule has 1 atom stereocenters. The lowest BCUT2D eigenvalue weighted by Gasteiger charge is -2.26. The van der Waals surface area contributed by atoms with E-state index >= 15 is 0 Å². The maximum atomic E-state index is 12.6. The number of sulfone groups is 1. The van der Waals surface area contributed by atoms with Crippen LogP contribution in [-0.4, -0.2) is 43.3 Å². The van der Waals surface area contributed by atoms with Gasteiger partial charge in [-0.05, 0) is 24.6 Å². The zero-order chi connectivity index (χ0) is 15.6. The van der Waals surface area contributed by atoms with Gasteiger partial charge in [0.2, 0.25) is 0 Å². The zero-order valence-corrected chi connectivity index (χ0v) is 12.8. The zero-order valence-electron chi connectivity index (χ0n) is 11.3. The topological polar surface area (TPSA) is 80.5 Å². The van der Waals surface area contributed by atoms with Crippen molar-refractivity contribution in [1.82, 2.24) is 4.90 Å². The molecular formula is C14H15ClN2O3S. The van der Waals surface area contributed by atoms with Crippen LogP contribution in [0.3, 0.4) is 0 Å². The smallest absolute Gasteiger partial charge is 0.256 e.